The highest BCUT2D eigenvalue weighted by molar-refractivity contribution is 5.48. The molecule has 3 aromatic rings. The van der Waals surface area contributed by atoms with Gasteiger partial charge >= 0.3 is 0 Å². The van der Waals surface area contributed by atoms with E-state index in [0.717, 1.165) is 22.9 Å². The quantitative estimate of drug-likeness (QED) is 0.524. The van der Waals surface area contributed by atoms with E-state index in [1.807, 2.05) is 60.7 Å². The van der Waals surface area contributed by atoms with Gasteiger partial charge in [-0.15, -0.1) is 0 Å². The summed E-state index contributed by atoms with van der Waals surface area (Å²) in [5, 5.41) is 8.33. The van der Waals surface area contributed by atoms with Gasteiger partial charge in [-0.05, 0) is 66.7 Å². The first-order valence-corrected chi connectivity index (χ1v) is 6.81. The van der Waals surface area contributed by atoms with Crippen molar-refractivity contribution in [3.05, 3.63) is 78.9 Å². The summed E-state index contributed by atoms with van der Waals surface area (Å²) in [5.41, 5.74) is 7.85. The van der Waals surface area contributed by atoms with Crippen molar-refractivity contribution in [2.24, 2.45) is 10.2 Å². The molecule has 0 amide bonds. The van der Waals surface area contributed by atoms with E-state index >= 15 is 0 Å². The third kappa shape index (κ3) is 3.70. The van der Waals surface area contributed by atoms with Crippen LogP contribution in [-0.4, -0.2) is 0 Å². The number of nitrogens with zero attached hydrogens (tertiary/aromatic N) is 2. The summed E-state index contributed by atoms with van der Waals surface area (Å²) in [6, 6.07) is 24.9. The number of rotatable bonds is 4. The maximum Gasteiger partial charge on any atom is 0.127 e. The summed E-state index contributed by atoms with van der Waals surface area (Å²) in [5.74, 6) is 1.52. The molecule has 0 aromatic heterocycles. The summed E-state index contributed by atoms with van der Waals surface area (Å²) in [7, 11) is 0. The highest BCUT2D eigenvalue weighted by Gasteiger charge is 1.97. The Morgan fingerprint density at radius 2 is 1.18 bits per heavy atom. The molecule has 2 N–H and O–H groups in total. The predicted molar refractivity (Wildman–Crippen MR) is 86.8 cm³/mol. The topological polar surface area (TPSA) is 60.0 Å². The van der Waals surface area contributed by atoms with E-state index in [0.29, 0.717) is 5.69 Å². The van der Waals surface area contributed by atoms with E-state index in [1.165, 1.54) is 0 Å². The van der Waals surface area contributed by atoms with Gasteiger partial charge in [-0.1, -0.05) is 12.1 Å². The standard InChI is InChI=1S/C18H14N3O/c19-14-6-8-15(9-7-14)20-21-16-10-12-18(13-11-16)22-17-4-2-1-3-5-17/h2-13H,19H2/b21-20+. The molecule has 4 heteroatoms. The first kappa shape index (κ1) is 13.8. The minimum absolute atomic E-state index is 0.707. The van der Waals surface area contributed by atoms with Crippen LogP contribution in [-0.2, 0) is 0 Å². The van der Waals surface area contributed by atoms with Gasteiger partial charge in [-0.3, -0.25) is 0 Å². The summed E-state index contributed by atoms with van der Waals surface area (Å²) >= 11 is 0. The zero-order valence-electron chi connectivity index (χ0n) is 11.8. The Morgan fingerprint density at radius 3 is 1.77 bits per heavy atom. The first-order chi connectivity index (χ1) is 10.8. The number of nitrogens with two attached hydrogens (primary N) is 1. The molecule has 0 aliphatic heterocycles. The first-order valence-electron chi connectivity index (χ1n) is 6.81. The second-order valence-corrected chi connectivity index (χ2v) is 4.62. The zero-order valence-corrected chi connectivity index (χ0v) is 11.8. The van der Waals surface area contributed by atoms with Crippen molar-refractivity contribution in [1.82, 2.24) is 0 Å². The van der Waals surface area contributed by atoms with Crippen molar-refractivity contribution in [3.8, 4) is 11.5 Å². The Balaban J connectivity index is 1.67. The van der Waals surface area contributed by atoms with Gasteiger partial charge in [0.05, 0.1) is 11.4 Å². The average Bonchev–Trinajstić information content (AvgIpc) is 2.57. The number of hydrogen-bond acceptors (Lipinski definition) is 4. The number of azo groups is 1. The summed E-state index contributed by atoms with van der Waals surface area (Å²) in [6.45, 7) is 0. The molecule has 0 bridgehead atoms. The maximum absolute atomic E-state index is 5.70. The number of ether oxygens (including phenoxy) is 1. The Bertz CT molecular complexity index is 751. The third-order valence-electron chi connectivity index (χ3n) is 2.93. The molecule has 3 rings (SSSR count). The number of benzene rings is 3. The van der Waals surface area contributed by atoms with Crippen LogP contribution in [0.4, 0.5) is 17.1 Å². The van der Waals surface area contributed by atoms with Crippen molar-refractivity contribution in [1.29, 1.82) is 0 Å². The molecule has 1 radical (unpaired) electrons. The zero-order chi connectivity index (χ0) is 15.2. The molecule has 0 unspecified atom stereocenters. The van der Waals surface area contributed by atoms with Crippen LogP contribution >= 0.6 is 0 Å². The molecule has 0 spiro atoms. The number of nitrogen functional groups attached to an aromatic ring is 1. The summed E-state index contributed by atoms with van der Waals surface area (Å²) in [6.07, 6.45) is 0. The summed E-state index contributed by atoms with van der Waals surface area (Å²) < 4.78 is 5.70. The highest BCUT2D eigenvalue weighted by atomic mass is 16.5. The molecule has 3 aromatic carbocycles. The highest BCUT2D eigenvalue weighted by Crippen LogP contribution is 2.25. The fraction of sp³-hybridized carbons (Fsp3) is 0. The van der Waals surface area contributed by atoms with Crippen LogP contribution in [0.5, 0.6) is 11.5 Å². The van der Waals surface area contributed by atoms with Crippen LogP contribution in [0.1, 0.15) is 0 Å². The molecule has 0 atom stereocenters. The van der Waals surface area contributed by atoms with E-state index < -0.39 is 0 Å². The predicted octanol–water partition coefficient (Wildman–Crippen LogP) is 5.28. The van der Waals surface area contributed by atoms with Crippen molar-refractivity contribution in [3.63, 3.8) is 0 Å². The van der Waals surface area contributed by atoms with Crippen LogP contribution in [0.3, 0.4) is 0 Å². The molecule has 0 aliphatic rings. The number of anilines is 1. The maximum atomic E-state index is 5.70. The Kier molecular flexibility index (Phi) is 4.11. The average molecular weight is 288 g/mol. The second kappa shape index (κ2) is 6.54. The molecule has 0 aliphatic carbocycles. The molecule has 4 nitrogen and oxygen atoms in total. The Hall–Kier alpha value is -3.14. The smallest absolute Gasteiger partial charge is 0.127 e. The minimum Gasteiger partial charge on any atom is -0.457 e. The summed E-state index contributed by atoms with van der Waals surface area (Å²) in [4.78, 5) is 0. The molecule has 107 valence electrons. The van der Waals surface area contributed by atoms with Gasteiger partial charge in [0.1, 0.15) is 11.5 Å². The van der Waals surface area contributed by atoms with Crippen LogP contribution in [0.2, 0.25) is 0 Å². The lowest BCUT2D eigenvalue weighted by atomic mass is 10.3. The van der Waals surface area contributed by atoms with E-state index in [-0.39, 0.29) is 0 Å². The monoisotopic (exact) mass is 288 g/mol. The Morgan fingerprint density at radius 1 is 0.682 bits per heavy atom. The van der Waals surface area contributed by atoms with Crippen LogP contribution in [0.25, 0.3) is 0 Å². The molecule has 0 fully saturated rings. The fourth-order valence-electron chi connectivity index (χ4n) is 1.81. The largest absolute Gasteiger partial charge is 0.457 e. The van der Waals surface area contributed by atoms with Crippen LogP contribution in [0, 0.1) is 6.07 Å². The van der Waals surface area contributed by atoms with Gasteiger partial charge in [0.15, 0.2) is 0 Å². The normalized spacial score (nSPS) is 10.7. The van der Waals surface area contributed by atoms with Gasteiger partial charge in [0.25, 0.3) is 0 Å². The molecule has 0 saturated carbocycles. The van der Waals surface area contributed by atoms with E-state index in [1.54, 1.807) is 12.1 Å². The molecular formula is C18H14N3O. The van der Waals surface area contributed by atoms with Crippen molar-refractivity contribution >= 4 is 17.1 Å². The molecular weight excluding hydrogens is 274 g/mol. The van der Waals surface area contributed by atoms with Crippen LogP contribution < -0.4 is 10.5 Å². The second-order valence-electron chi connectivity index (χ2n) is 4.62. The Labute approximate surface area is 128 Å². The molecule has 0 heterocycles. The minimum atomic E-state index is 0.707. The SMILES string of the molecule is Nc1ccc(/N=N/c2ccc(Oc3cc[c]cc3)cc2)cc1. The van der Waals surface area contributed by atoms with Gasteiger partial charge in [-0.2, -0.15) is 10.2 Å². The van der Waals surface area contributed by atoms with Crippen LogP contribution in [0.15, 0.2) is 83.0 Å². The van der Waals surface area contributed by atoms with E-state index in [4.69, 9.17) is 10.5 Å². The van der Waals surface area contributed by atoms with Gasteiger partial charge < -0.3 is 10.5 Å². The van der Waals surface area contributed by atoms with Gasteiger partial charge in [0, 0.05) is 5.69 Å². The van der Waals surface area contributed by atoms with E-state index in [2.05, 4.69) is 16.3 Å². The fourth-order valence-corrected chi connectivity index (χ4v) is 1.81. The molecule has 0 saturated heterocycles. The third-order valence-corrected chi connectivity index (χ3v) is 2.93. The lowest BCUT2D eigenvalue weighted by molar-refractivity contribution is 0.482. The number of hydrogen-bond donors (Lipinski definition) is 1. The lowest BCUT2D eigenvalue weighted by Crippen LogP contribution is -1.82. The van der Waals surface area contributed by atoms with Crippen molar-refractivity contribution in [2.75, 3.05) is 5.73 Å². The van der Waals surface area contributed by atoms with Crippen molar-refractivity contribution in [2.45, 2.75) is 0 Å². The molecule has 22 heavy (non-hydrogen) atoms. The van der Waals surface area contributed by atoms with Gasteiger partial charge in [-0.25, -0.2) is 0 Å². The van der Waals surface area contributed by atoms with Gasteiger partial charge in [0.2, 0.25) is 0 Å². The van der Waals surface area contributed by atoms with Crippen molar-refractivity contribution < 1.29 is 4.74 Å². The lowest BCUT2D eigenvalue weighted by Gasteiger charge is -2.04. The van der Waals surface area contributed by atoms with E-state index in [9.17, 15) is 0 Å².